The normalized spacial score (nSPS) is 18.6. The molecule has 1 saturated heterocycles. The Labute approximate surface area is 100 Å². The highest BCUT2D eigenvalue weighted by atomic mass is 16.4. The van der Waals surface area contributed by atoms with Crippen LogP contribution in [0.4, 0.5) is 0 Å². The number of nitrogens with zero attached hydrogens (tertiary/aromatic N) is 1. The van der Waals surface area contributed by atoms with E-state index in [9.17, 15) is 4.79 Å². The molecule has 2 rings (SSSR count). The number of benzene rings is 1. The van der Waals surface area contributed by atoms with Gasteiger partial charge in [0.25, 0.3) is 0 Å². The van der Waals surface area contributed by atoms with Gasteiger partial charge in [-0.15, -0.1) is 0 Å². The van der Waals surface area contributed by atoms with E-state index >= 15 is 0 Å². The van der Waals surface area contributed by atoms with Crippen molar-refractivity contribution in [3.05, 3.63) is 29.8 Å². The summed E-state index contributed by atoms with van der Waals surface area (Å²) in [7, 11) is 0. The number of aliphatic carboxylic acids is 1. The smallest absolute Gasteiger partial charge is 0.306 e. The van der Waals surface area contributed by atoms with Crippen molar-refractivity contribution in [3.63, 3.8) is 0 Å². The minimum absolute atomic E-state index is 0.258. The van der Waals surface area contributed by atoms with E-state index in [2.05, 4.69) is 4.90 Å². The second-order valence-electron chi connectivity index (χ2n) is 4.75. The Balaban J connectivity index is 1.81. The number of phenols is 1. The van der Waals surface area contributed by atoms with Gasteiger partial charge in [-0.2, -0.15) is 0 Å². The number of likely N-dealkylation sites (tertiary alicyclic amines) is 1. The molecule has 0 bridgehead atoms. The van der Waals surface area contributed by atoms with Crippen LogP contribution in [0.2, 0.25) is 0 Å². The predicted molar refractivity (Wildman–Crippen MR) is 63.7 cm³/mol. The predicted octanol–water partition coefficient (Wildman–Crippen LogP) is 1.54. The van der Waals surface area contributed by atoms with Crippen molar-refractivity contribution in [1.29, 1.82) is 0 Å². The van der Waals surface area contributed by atoms with Gasteiger partial charge in [-0.3, -0.25) is 9.69 Å². The van der Waals surface area contributed by atoms with E-state index < -0.39 is 5.97 Å². The van der Waals surface area contributed by atoms with Crippen LogP contribution in [0.25, 0.3) is 0 Å². The molecule has 17 heavy (non-hydrogen) atoms. The minimum Gasteiger partial charge on any atom is -0.508 e. The molecule has 1 aromatic carbocycles. The Hall–Kier alpha value is -1.55. The lowest BCUT2D eigenvalue weighted by Crippen LogP contribution is -2.50. The molecular formula is C13H17NO3. The molecule has 4 heteroatoms. The molecule has 0 aromatic heterocycles. The highest BCUT2D eigenvalue weighted by Crippen LogP contribution is 2.25. The fourth-order valence-electron chi connectivity index (χ4n) is 2.12. The highest BCUT2D eigenvalue weighted by Gasteiger charge is 2.34. The molecule has 0 saturated carbocycles. The van der Waals surface area contributed by atoms with Crippen molar-refractivity contribution in [2.45, 2.75) is 13.5 Å². The van der Waals surface area contributed by atoms with Crippen LogP contribution < -0.4 is 0 Å². The Morgan fingerprint density at radius 2 is 2.00 bits per heavy atom. The summed E-state index contributed by atoms with van der Waals surface area (Å²) in [5, 5.41) is 18.0. The van der Waals surface area contributed by atoms with Gasteiger partial charge in [0.15, 0.2) is 0 Å². The van der Waals surface area contributed by atoms with E-state index in [1.54, 1.807) is 19.1 Å². The molecule has 0 spiro atoms. The lowest BCUT2D eigenvalue weighted by atomic mass is 9.87. The van der Waals surface area contributed by atoms with Crippen LogP contribution in [0.1, 0.15) is 12.5 Å². The summed E-state index contributed by atoms with van der Waals surface area (Å²) in [5.41, 5.74) is 1.14. The maximum atomic E-state index is 10.8. The number of carboxylic acids is 1. The molecule has 0 radical (unpaired) electrons. The Morgan fingerprint density at radius 3 is 2.53 bits per heavy atom. The number of phenolic OH excluding ortho intramolecular Hbond substituents is 1. The molecule has 1 aliphatic rings. The maximum absolute atomic E-state index is 10.8. The molecule has 4 nitrogen and oxygen atoms in total. The van der Waals surface area contributed by atoms with Crippen LogP contribution in [0.5, 0.6) is 5.75 Å². The maximum Gasteiger partial charge on any atom is 0.306 e. The van der Waals surface area contributed by atoms with Gasteiger partial charge in [0.1, 0.15) is 5.75 Å². The third-order valence-electron chi connectivity index (χ3n) is 3.42. The zero-order valence-electron chi connectivity index (χ0n) is 9.84. The second kappa shape index (κ2) is 4.75. The lowest BCUT2D eigenvalue weighted by molar-refractivity contribution is -0.145. The van der Waals surface area contributed by atoms with Crippen LogP contribution in [0.15, 0.2) is 24.3 Å². The first-order valence-electron chi connectivity index (χ1n) is 5.79. The third-order valence-corrected chi connectivity index (χ3v) is 3.42. The number of hydrogen-bond acceptors (Lipinski definition) is 3. The average Bonchev–Trinajstić information content (AvgIpc) is 2.24. The van der Waals surface area contributed by atoms with Crippen molar-refractivity contribution in [2.24, 2.45) is 11.8 Å². The number of hydrogen-bond donors (Lipinski definition) is 2. The molecule has 1 heterocycles. The fraction of sp³-hybridized carbons (Fsp3) is 0.462. The summed E-state index contributed by atoms with van der Waals surface area (Å²) in [6, 6.07) is 7.13. The van der Waals surface area contributed by atoms with Crippen molar-refractivity contribution in [1.82, 2.24) is 4.90 Å². The molecule has 0 amide bonds. The van der Waals surface area contributed by atoms with Crippen molar-refractivity contribution >= 4 is 5.97 Å². The summed E-state index contributed by atoms with van der Waals surface area (Å²) in [4.78, 5) is 13.0. The van der Waals surface area contributed by atoms with Gasteiger partial charge in [0.2, 0.25) is 0 Å². The van der Waals surface area contributed by atoms with Gasteiger partial charge in [-0.1, -0.05) is 19.1 Å². The van der Waals surface area contributed by atoms with Crippen molar-refractivity contribution < 1.29 is 15.0 Å². The van der Waals surface area contributed by atoms with Crippen LogP contribution >= 0.6 is 0 Å². The highest BCUT2D eigenvalue weighted by molar-refractivity contribution is 5.70. The Kier molecular flexibility index (Phi) is 3.33. The van der Waals surface area contributed by atoms with Gasteiger partial charge < -0.3 is 10.2 Å². The van der Waals surface area contributed by atoms with E-state index in [1.165, 1.54) is 0 Å². The summed E-state index contributed by atoms with van der Waals surface area (Å²) >= 11 is 0. The average molecular weight is 235 g/mol. The van der Waals surface area contributed by atoms with Crippen LogP contribution in [-0.2, 0) is 11.3 Å². The van der Waals surface area contributed by atoms with E-state index in [-0.39, 0.29) is 17.6 Å². The molecule has 1 aliphatic heterocycles. The van der Waals surface area contributed by atoms with Gasteiger partial charge in [0, 0.05) is 19.6 Å². The molecule has 0 aliphatic carbocycles. The molecule has 2 N–H and O–H groups in total. The largest absolute Gasteiger partial charge is 0.508 e. The lowest BCUT2D eigenvalue weighted by Gasteiger charge is -2.41. The minimum atomic E-state index is -0.709. The quantitative estimate of drug-likeness (QED) is 0.831. The summed E-state index contributed by atoms with van der Waals surface area (Å²) in [6.07, 6.45) is 0. The summed E-state index contributed by atoms with van der Waals surface area (Å²) in [5.74, 6) is -0.426. The monoisotopic (exact) mass is 235 g/mol. The molecule has 1 atom stereocenters. The van der Waals surface area contributed by atoms with Gasteiger partial charge in [-0.25, -0.2) is 0 Å². The zero-order chi connectivity index (χ0) is 12.4. The molecular weight excluding hydrogens is 218 g/mol. The van der Waals surface area contributed by atoms with Crippen molar-refractivity contribution in [2.75, 3.05) is 13.1 Å². The van der Waals surface area contributed by atoms with E-state index in [0.29, 0.717) is 0 Å². The summed E-state index contributed by atoms with van der Waals surface area (Å²) < 4.78 is 0. The number of aromatic hydroxyl groups is 1. The first kappa shape index (κ1) is 11.9. The topological polar surface area (TPSA) is 60.8 Å². The Morgan fingerprint density at radius 1 is 1.41 bits per heavy atom. The molecule has 1 fully saturated rings. The number of carbonyl (C=O) groups is 1. The number of rotatable bonds is 4. The van der Waals surface area contributed by atoms with Gasteiger partial charge in [0.05, 0.1) is 5.92 Å². The second-order valence-corrected chi connectivity index (χ2v) is 4.75. The van der Waals surface area contributed by atoms with Gasteiger partial charge in [-0.05, 0) is 23.6 Å². The standard InChI is InChI=1S/C13H17NO3/c1-9(13(16)17)11-7-14(8-11)6-10-2-4-12(15)5-3-10/h2-5,9,11,15H,6-8H2,1H3,(H,16,17). The zero-order valence-corrected chi connectivity index (χ0v) is 9.84. The SMILES string of the molecule is CC(C(=O)O)C1CN(Cc2ccc(O)cc2)C1. The van der Waals surface area contributed by atoms with Crippen LogP contribution in [-0.4, -0.2) is 34.2 Å². The third kappa shape index (κ3) is 2.77. The molecule has 1 aromatic rings. The van der Waals surface area contributed by atoms with Crippen molar-refractivity contribution in [3.8, 4) is 5.75 Å². The van der Waals surface area contributed by atoms with E-state index in [0.717, 1.165) is 25.2 Å². The number of carboxylic acid groups (broad SMARTS) is 1. The molecule has 92 valence electrons. The van der Waals surface area contributed by atoms with Crippen LogP contribution in [0, 0.1) is 11.8 Å². The van der Waals surface area contributed by atoms with E-state index in [4.69, 9.17) is 10.2 Å². The summed E-state index contributed by atoms with van der Waals surface area (Å²) in [6.45, 7) is 4.27. The van der Waals surface area contributed by atoms with Gasteiger partial charge >= 0.3 is 5.97 Å². The molecule has 1 unspecified atom stereocenters. The first-order chi connectivity index (χ1) is 8.06. The van der Waals surface area contributed by atoms with E-state index in [1.807, 2.05) is 12.1 Å². The Bertz CT molecular complexity index is 396. The fourth-order valence-corrected chi connectivity index (χ4v) is 2.12. The first-order valence-corrected chi connectivity index (χ1v) is 5.79. The van der Waals surface area contributed by atoms with Crippen LogP contribution in [0.3, 0.4) is 0 Å².